The average Bonchev–Trinajstić information content (AvgIpc) is 3.04. The summed E-state index contributed by atoms with van der Waals surface area (Å²) in [6, 6.07) is 86.7. The van der Waals surface area contributed by atoms with Gasteiger partial charge >= 0.3 is 0 Å². The lowest BCUT2D eigenvalue weighted by atomic mass is 9.98. The number of hydrogen-bond donors (Lipinski definition) is 0. The third-order valence-electron chi connectivity index (χ3n) is 16.6. The maximum atomic E-state index is 2.56. The van der Waals surface area contributed by atoms with Crippen LogP contribution in [0, 0.1) is 13.8 Å². The van der Waals surface area contributed by atoms with Crippen LogP contribution in [0.4, 0.5) is 34.1 Å². The predicted octanol–water partition coefficient (Wildman–Crippen LogP) is 21.3. The average molecular weight is 1030 g/mol. The predicted molar refractivity (Wildman–Crippen MR) is 336 cm³/mol. The van der Waals surface area contributed by atoms with Gasteiger partial charge in [0.25, 0.3) is 0 Å². The normalized spacial score (nSPS) is 12.2. The third-order valence-corrected chi connectivity index (χ3v) is 18.4. The number of thiophene rings is 2. The number of aryl methyl sites for hydroxylation is 2. The lowest BCUT2D eigenvalue weighted by Crippen LogP contribution is -2.11. The summed E-state index contributed by atoms with van der Waals surface area (Å²) >= 11 is 3.60. The molecule has 0 saturated heterocycles. The van der Waals surface area contributed by atoms with E-state index in [1.807, 2.05) is 0 Å². The standard InChI is InChI=1S/C72H46N4S2/c1-43-21-25-49(26-22-43)73(65-41-67-47(33-35-77-67)37-55(65)45-13-5-3-6-14-45)61-31-29-51-57-39-64-58(40-63(57)75-59-19-11-9-17-53(59)69(61)71(51)75)52-30-32-62(70-54-18-10-12-20-60(54)76(64)72(52)70)74(50-27-23-44(2)24-28-50)66-42-68-48(34-36-78-68)38-56(66)46-15-7-4-8-16-46/h3-42H,1-2H3. The van der Waals surface area contributed by atoms with E-state index in [0.29, 0.717) is 0 Å². The number of aromatic nitrogens is 2. The van der Waals surface area contributed by atoms with Crippen molar-refractivity contribution < 1.29 is 0 Å². The van der Waals surface area contributed by atoms with Gasteiger partial charge in [0.2, 0.25) is 0 Å². The molecule has 11 aromatic carbocycles. The van der Waals surface area contributed by atoms with E-state index >= 15 is 0 Å². The van der Waals surface area contributed by atoms with Crippen molar-refractivity contribution in [2.75, 3.05) is 9.80 Å². The molecule has 0 amide bonds. The van der Waals surface area contributed by atoms with E-state index in [2.05, 4.69) is 274 Å². The van der Waals surface area contributed by atoms with Crippen LogP contribution in [-0.4, -0.2) is 8.80 Å². The fraction of sp³-hybridized carbons (Fsp3) is 0.0278. The van der Waals surface area contributed by atoms with E-state index in [1.165, 1.54) is 130 Å². The highest BCUT2D eigenvalue weighted by atomic mass is 32.1. The fourth-order valence-electron chi connectivity index (χ4n) is 13.1. The molecular weight excluding hydrogens is 985 g/mol. The van der Waals surface area contributed by atoms with Gasteiger partial charge in [0.1, 0.15) is 0 Å². The highest BCUT2D eigenvalue weighted by Gasteiger charge is 2.30. The monoisotopic (exact) mass is 1030 g/mol. The van der Waals surface area contributed by atoms with Crippen molar-refractivity contribution in [3.05, 3.63) is 252 Å². The lowest BCUT2D eigenvalue weighted by Gasteiger charge is -2.29. The van der Waals surface area contributed by atoms with Gasteiger partial charge in [-0.25, -0.2) is 0 Å². The molecule has 0 saturated carbocycles. The van der Waals surface area contributed by atoms with E-state index in [9.17, 15) is 0 Å². The molecule has 17 aromatic rings. The zero-order chi connectivity index (χ0) is 51.3. The van der Waals surface area contributed by atoms with Crippen LogP contribution in [0.25, 0.3) is 119 Å². The maximum Gasteiger partial charge on any atom is 0.0641 e. The van der Waals surface area contributed by atoms with Crippen LogP contribution in [0.2, 0.25) is 0 Å². The molecule has 17 rings (SSSR count). The van der Waals surface area contributed by atoms with Crippen molar-refractivity contribution in [1.29, 1.82) is 0 Å². The number of hydrogen-bond acceptors (Lipinski definition) is 4. The van der Waals surface area contributed by atoms with Gasteiger partial charge in [-0.05, 0) is 144 Å². The Balaban J connectivity index is 0.946. The van der Waals surface area contributed by atoms with Gasteiger partial charge in [0, 0.05) is 75.0 Å². The molecule has 6 heterocycles. The number of para-hydroxylation sites is 2. The lowest BCUT2D eigenvalue weighted by molar-refractivity contribution is 1.29. The molecule has 0 spiro atoms. The summed E-state index contributed by atoms with van der Waals surface area (Å²) < 4.78 is 7.66. The summed E-state index contributed by atoms with van der Waals surface area (Å²) in [5.74, 6) is 0. The quantitative estimate of drug-likeness (QED) is 0.151. The Kier molecular flexibility index (Phi) is 9.27. The fourth-order valence-corrected chi connectivity index (χ4v) is 14.7. The summed E-state index contributed by atoms with van der Waals surface area (Å²) in [5, 5.41) is 16.9. The van der Waals surface area contributed by atoms with E-state index < -0.39 is 0 Å². The van der Waals surface area contributed by atoms with Crippen molar-refractivity contribution in [3.63, 3.8) is 0 Å². The number of fused-ring (bicyclic) bond motifs is 14. The molecule has 366 valence electrons. The first kappa shape index (κ1) is 43.7. The van der Waals surface area contributed by atoms with E-state index in [4.69, 9.17) is 0 Å². The maximum absolute atomic E-state index is 2.56. The molecule has 0 radical (unpaired) electrons. The topological polar surface area (TPSA) is 15.3 Å². The second-order valence-electron chi connectivity index (χ2n) is 21.0. The summed E-state index contributed by atoms with van der Waals surface area (Å²) in [6.07, 6.45) is 0. The number of benzene rings is 11. The first-order valence-corrected chi connectivity index (χ1v) is 28.5. The Bertz CT molecular complexity index is 4890. The highest BCUT2D eigenvalue weighted by Crippen LogP contribution is 2.54. The van der Waals surface area contributed by atoms with Crippen molar-refractivity contribution in [2.45, 2.75) is 13.8 Å². The van der Waals surface area contributed by atoms with Crippen LogP contribution in [0.15, 0.2) is 241 Å². The second kappa shape index (κ2) is 16.5. The summed E-state index contributed by atoms with van der Waals surface area (Å²) in [6.45, 7) is 4.35. The molecule has 0 aliphatic heterocycles. The van der Waals surface area contributed by atoms with Crippen LogP contribution in [-0.2, 0) is 0 Å². The van der Waals surface area contributed by atoms with E-state index in [-0.39, 0.29) is 0 Å². The van der Waals surface area contributed by atoms with Crippen LogP contribution >= 0.6 is 22.7 Å². The summed E-state index contributed by atoms with van der Waals surface area (Å²) in [7, 11) is 0. The van der Waals surface area contributed by atoms with Crippen molar-refractivity contribution in [2.24, 2.45) is 0 Å². The second-order valence-corrected chi connectivity index (χ2v) is 22.9. The molecule has 0 bridgehead atoms. The Hall–Kier alpha value is -9.46. The highest BCUT2D eigenvalue weighted by molar-refractivity contribution is 7.17. The first-order chi connectivity index (χ1) is 38.5. The number of rotatable bonds is 8. The Morgan fingerprint density at radius 1 is 0.321 bits per heavy atom. The zero-order valence-corrected chi connectivity index (χ0v) is 44.3. The molecule has 0 N–H and O–H groups in total. The minimum absolute atomic E-state index is 1.12. The molecule has 6 heteroatoms. The molecule has 0 unspecified atom stereocenters. The Morgan fingerprint density at radius 2 is 0.731 bits per heavy atom. The molecule has 0 atom stereocenters. The molecular formula is C72H46N4S2. The summed E-state index contributed by atoms with van der Waals surface area (Å²) in [4.78, 5) is 5.05. The Morgan fingerprint density at radius 3 is 1.17 bits per heavy atom. The van der Waals surface area contributed by atoms with Gasteiger partial charge in [0.15, 0.2) is 0 Å². The minimum Gasteiger partial charge on any atom is -0.309 e. The van der Waals surface area contributed by atoms with Crippen LogP contribution < -0.4 is 9.80 Å². The van der Waals surface area contributed by atoms with Gasteiger partial charge in [-0.1, -0.05) is 145 Å². The first-order valence-electron chi connectivity index (χ1n) is 26.7. The van der Waals surface area contributed by atoms with Gasteiger partial charge in [-0.2, -0.15) is 0 Å². The van der Waals surface area contributed by atoms with Gasteiger partial charge in [-0.3, -0.25) is 0 Å². The summed E-state index contributed by atoms with van der Waals surface area (Å²) in [5.41, 5.74) is 21.4. The molecule has 4 nitrogen and oxygen atoms in total. The molecule has 0 fully saturated rings. The van der Waals surface area contributed by atoms with Crippen LogP contribution in [0.5, 0.6) is 0 Å². The van der Waals surface area contributed by atoms with E-state index in [0.717, 1.165) is 34.1 Å². The van der Waals surface area contributed by atoms with Crippen LogP contribution in [0.3, 0.4) is 0 Å². The van der Waals surface area contributed by atoms with Gasteiger partial charge in [-0.15, -0.1) is 22.7 Å². The van der Waals surface area contributed by atoms with Crippen LogP contribution in [0.1, 0.15) is 11.1 Å². The Labute approximate surface area is 457 Å². The molecule has 6 aromatic heterocycles. The van der Waals surface area contributed by atoms with Crippen molar-refractivity contribution >= 4 is 153 Å². The molecule has 78 heavy (non-hydrogen) atoms. The number of anilines is 6. The zero-order valence-electron chi connectivity index (χ0n) is 42.7. The van der Waals surface area contributed by atoms with Crippen molar-refractivity contribution in [3.8, 4) is 22.3 Å². The smallest absolute Gasteiger partial charge is 0.0641 e. The van der Waals surface area contributed by atoms with E-state index in [1.54, 1.807) is 22.7 Å². The van der Waals surface area contributed by atoms with Crippen molar-refractivity contribution in [1.82, 2.24) is 8.80 Å². The molecule has 0 aliphatic rings. The minimum atomic E-state index is 1.12. The SMILES string of the molecule is Cc1ccc(N(c2cc3sccc3cc2-c2ccccc2)c2ccc3c4cc5c(cc4n4c6ccccc6c2c34)c2ccc(N(c3ccc(C)cc3)c3cc4sccc4cc3-c3ccccc3)c3c4ccccc4n5c23)cc1. The number of nitrogens with zero attached hydrogens (tertiary/aromatic N) is 4. The van der Waals surface area contributed by atoms with Gasteiger partial charge in [0.05, 0.1) is 55.8 Å². The largest absolute Gasteiger partial charge is 0.309 e. The molecule has 0 aliphatic carbocycles. The third kappa shape index (κ3) is 6.21. The van der Waals surface area contributed by atoms with Gasteiger partial charge < -0.3 is 18.6 Å².